The molecule has 3 heterocycles. The second kappa shape index (κ2) is 3.13. The fourth-order valence-corrected chi connectivity index (χ4v) is 4.00. The molecule has 1 saturated carbocycles. The maximum Gasteiger partial charge on any atom is 0.0946 e. The van der Waals surface area contributed by atoms with Crippen LogP contribution in [0.2, 0.25) is 0 Å². The monoisotopic (exact) mass is 252 g/mol. The normalized spacial score (nSPS) is 60.7. The number of hydrogen-bond donors (Lipinski definition) is 0. The van der Waals surface area contributed by atoms with Crippen LogP contribution in [0.4, 0.5) is 0 Å². The number of hydrogen-bond acceptors (Lipinski definition) is 3. The lowest BCUT2D eigenvalue weighted by Gasteiger charge is -2.22. The summed E-state index contributed by atoms with van der Waals surface area (Å²) in [5.74, 6) is 0. The zero-order chi connectivity index (χ0) is 12.8. The molecule has 0 bridgehead atoms. The van der Waals surface area contributed by atoms with E-state index in [9.17, 15) is 0 Å². The van der Waals surface area contributed by atoms with Gasteiger partial charge in [-0.15, -0.1) is 0 Å². The summed E-state index contributed by atoms with van der Waals surface area (Å²) in [5, 5.41) is 0. The first kappa shape index (κ1) is 11.7. The maximum absolute atomic E-state index is 5.97. The standard InChI is InChI=1S/C15H24O3/c1-13(2)8-11-14(3,18-11)6-5-10-15(4,17-10)7-9-12(13)16-9/h9-12H,5-8H2,1-4H3/t9-,10-,11+,12-,14-,15+/m1/s1. The average molecular weight is 252 g/mol. The van der Waals surface area contributed by atoms with Crippen LogP contribution in [0.25, 0.3) is 0 Å². The third-order valence-electron chi connectivity index (χ3n) is 5.64. The first-order valence-corrected chi connectivity index (χ1v) is 7.34. The molecule has 6 atom stereocenters. The highest BCUT2D eigenvalue weighted by Crippen LogP contribution is 2.56. The Hall–Kier alpha value is -0.120. The van der Waals surface area contributed by atoms with E-state index in [2.05, 4.69) is 27.7 Å². The fourth-order valence-electron chi connectivity index (χ4n) is 4.00. The van der Waals surface area contributed by atoms with E-state index in [0.29, 0.717) is 24.4 Å². The zero-order valence-electron chi connectivity index (χ0n) is 11.9. The van der Waals surface area contributed by atoms with Crippen molar-refractivity contribution in [3.63, 3.8) is 0 Å². The van der Waals surface area contributed by atoms with Crippen molar-refractivity contribution in [3.05, 3.63) is 0 Å². The van der Waals surface area contributed by atoms with Gasteiger partial charge in [0, 0.05) is 6.42 Å². The number of fused-ring (bicyclic) bond motifs is 3. The molecule has 0 aromatic carbocycles. The molecule has 0 radical (unpaired) electrons. The first-order chi connectivity index (χ1) is 8.32. The predicted molar refractivity (Wildman–Crippen MR) is 67.5 cm³/mol. The minimum atomic E-state index is 0.0839. The van der Waals surface area contributed by atoms with Gasteiger partial charge in [-0.05, 0) is 38.5 Å². The van der Waals surface area contributed by atoms with Gasteiger partial charge in [-0.3, -0.25) is 0 Å². The minimum Gasteiger partial charge on any atom is -0.369 e. The van der Waals surface area contributed by atoms with Crippen molar-refractivity contribution in [2.75, 3.05) is 0 Å². The largest absolute Gasteiger partial charge is 0.369 e. The van der Waals surface area contributed by atoms with Crippen molar-refractivity contribution in [2.24, 2.45) is 5.41 Å². The average Bonchev–Trinajstić information content (AvgIpc) is 3.14. The third-order valence-corrected chi connectivity index (χ3v) is 5.64. The Labute approximate surface area is 109 Å². The van der Waals surface area contributed by atoms with Gasteiger partial charge in [0.15, 0.2) is 0 Å². The Balaban J connectivity index is 1.56. The van der Waals surface area contributed by atoms with Crippen molar-refractivity contribution in [1.82, 2.24) is 0 Å². The van der Waals surface area contributed by atoms with Crippen LogP contribution in [0.3, 0.4) is 0 Å². The molecule has 0 spiro atoms. The van der Waals surface area contributed by atoms with Gasteiger partial charge in [-0.25, -0.2) is 0 Å². The lowest BCUT2D eigenvalue weighted by Crippen LogP contribution is -2.26. The molecule has 102 valence electrons. The molecule has 4 aliphatic rings. The second-order valence-electron chi connectivity index (χ2n) is 7.87. The molecule has 0 N–H and O–H groups in total. The Kier molecular flexibility index (Phi) is 2.03. The summed E-state index contributed by atoms with van der Waals surface area (Å²) in [7, 11) is 0. The second-order valence-corrected chi connectivity index (χ2v) is 7.87. The van der Waals surface area contributed by atoms with Gasteiger partial charge in [0.1, 0.15) is 0 Å². The van der Waals surface area contributed by atoms with Gasteiger partial charge in [0.05, 0.1) is 35.6 Å². The summed E-state index contributed by atoms with van der Waals surface area (Å²) >= 11 is 0. The molecule has 3 heteroatoms. The van der Waals surface area contributed by atoms with Crippen LogP contribution >= 0.6 is 0 Å². The SMILES string of the molecule is CC1(C)C[C@@H]2O[C@]2(C)CC[C@H]2O[C@@]2(C)C[C@H]2O[C@H]21. The molecular formula is C15H24O3. The molecule has 0 unspecified atom stereocenters. The van der Waals surface area contributed by atoms with E-state index in [1.165, 1.54) is 0 Å². The summed E-state index contributed by atoms with van der Waals surface area (Å²) in [6.07, 6.45) is 6.18. The van der Waals surface area contributed by atoms with Gasteiger partial charge in [-0.1, -0.05) is 13.8 Å². The molecule has 1 aliphatic carbocycles. The number of rotatable bonds is 0. The molecule has 0 aromatic heterocycles. The molecule has 0 aromatic rings. The quantitative estimate of drug-likeness (QED) is 0.622. The van der Waals surface area contributed by atoms with Crippen molar-refractivity contribution in [2.45, 2.75) is 89.0 Å². The van der Waals surface area contributed by atoms with E-state index in [0.717, 1.165) is 25.7 Å². The van der Waals surface area contributed by atoms with E-state index in [1.807, 2.05) is 0 Å². The summed E-state index contributed by atoms with van der Waals surface area (Å²) < 4.78 is 17.8. The van der Waals surface area contributed by atoms with Gasteiger partial charge >= 0.3 is 0 Å². The third kappa shape index (κ3) is 1.67. The van der Waals surface area contributed by atoms with Gasteiger partial charge < -0.3 is 14.2 Å². The van der Waals surface area contributed by atoms with Gasteiger partial charge in [0.25, 0.3) is 0 Å². The van der Waals surface area contributed by atoms with Crippen LogP contribution in [0.1, 0.15) is 53.4 Å². The predicted octanol–water partition coefficient (Wildman–Crippen LogP) is 2.67. The summed E-state index contributed by atoms with van der Waals surface area (Å²) in [5.41, 5.74) is 0.428. The Morgan fingerprint density at radius 3 is 2.39 bits per heavy atom. The van der Waals surface area contributed by atoms with Crippen LogP contribution in [0.5, 0.6) is 0 Å². The lowest BCUT2D eigenvalue weighted by molar-refractivity contribution is 0.200. The van der Waals surface area contributed by atoms with E-state index in [-0.39, 0.29) is 16.6 Å². The van der Waals surface area contributed by atoms with Crippen molar-refractivity contribution >= 4 is 0 Å². The maximum atomic E-state index is 5.97. The minimum absolute atomic E-state index is 0.0839. The Morgan fingerprint density at radius 2 is 1.61 bits per heavy atom. The summed E-state index contributed by atoms with van der Waals surface area (Å²) in [6, 6.07) is 0. The van der Waals surface area contributed by atoms with Gasteiger partial charge in [-0.2, -0.15) is 0 Å². The molecule has 3 aliphatic heterocycles. The highest BCUT2D eigenvalue weighted by Gasteiger charge is 2.64. The summed E-state index contributed by atoms with van der Waals surface area (Å²) in [6.45, 7) is 9.15. The molecule has 0 amide bonds. The van der Waals surface area contributed by atoms with Crippen molar-refractivity contribution in [3.8, 4) is 0 Å². The number of ether oxygens (including phenoxy) is 3. The smallest absolute Gasteiger partial charge is 0.0946 e. The molecule has 4 fully saturated rings. The summed E-state index contributed by atoms with van der Waals surface area (Å²) in [4.78, 5) is 0. The van der Waals surface area contributed by atoms with E-state index >= 15 is 0 Å². The Bertz CT molecular complexity index is 393. The molecule has 18 heavy (non-hydrogen) atoms. The van der Waals surface area contributed by atoms with Crippen LogP contribution < -0.4 is 0 Å². The lowest BCUT2D eigenvalue weighted by atomic mass is 9.80. The molecule has 3 nitrogen and oxygen atoms in total. The fraction of sp³-hybridized carbons (Fsp3) is 1.00. The molecule has 3 saturated heterocycles. The molecule has 4 rings (SSSR count). The van der Waals surface area contributed by atoms with E-state index in [1.54, 1.807) is 0 Å². The number of epoxide rings is 3. The van der Waals surface area contributed by atoms with Crippen LogP contribution in [0, 0.1) is 5.41 Å². The highest BCUT2D eigenvalue weighted by molar-refractivity contribution is 5.12. The van der Waals surface area contributed by atoms with E-state index in [4.69, 9.17) is 14.2 Å². The topological polar surface area (TPSA) is 37.6 Å². The highest BCUT2D eigenvalue weighted by atomic mass is 16.6. The van der Waals surface area contributed by atoms with Crippen LogP contribution in [-0.2, 0) is 14.2 Å². The Morgan fingerprint density at radius 1 is 0.889 bits per heavy atom. The molecular weight excluding hydrogens is 228 g/mol. The van der Waals surface area contributed by atoms with E-state index < -0.39 is 0 Å². The van der Waals surface area contributed by atoms with Crippen molar-refractivity contribution in [1.29, 1.82) is 0 Å². The zero-order valence-corrected chi connectivity index (χ0v) is 11.9. The van der Waals surface area contributed by atoms with Crippen LogP contribution in [-0.4, -0.2) is 35.6 Å². The van der Waals surface area contributed by atoms with Gasteiger partial charge in [0.2, 0.25) is 0 Å². The van der Waals surface area contributed by atoms with Crippen LogP contribution in [0.15, 0.2) is 0 Å². The first-order valence-electron chi connectivity index (χ1n) is 7.34. The van der Waals surface area contributed by atoms with Crippen molar-refractivity contribution < 1.29 is 14.2 Å².